The fraction of sp³-hybridized carbons (Fsp3) is 0.0769. The van der Waals surface area contributed by atoms with Gasteiger partial charge >= 0.3 is 0 Å². The first-order valence-corrected chi connectivity index (χ1v) is 7.41. The Kier molecular flexibility index (Phi) is 4.74. The highest BCUT2D eigenvalue weighted by Gasteiger charge is 2.08. The number of rotatable bonds is 3. The van der Waals surface area contributed by atoms with Crippen LogP contribution in [0, 0.1) is 0 Å². The predicted molar refractivity (Wildman–Crippen MR) is 83.1 cm³/mol. The van der Waals surface area contributed by atoms with E-state index in [0.29, 0.717) is 9.90 Å². The maximum Gasteiger partial charge on any atom is 0.272 e. The zero-order valence-electron chi connectivity index (χ0n) is 9.98. The molecule has 0 unspecified atom stereocenters. The third-order valence-corrected chi connectivity index (χ3v) is 4.40. The number of hydrazone groups is 1. The highest BCUT2D eigenvalue weighted by atomic mass is 79.9. The molecule has 1 aromatic heterocycles. The predicted octanol–water partition coefficient (Wildman–Crippen LogP) is 4.32. The Bertz CT molecular complexity index is 639. The summed E-state index contributed by atoms with van der Waals surface area (Å²) in [6, 6.07) is 10.9. The van der Waals surface area contributed by atoms with E-state index in [4.69, 9.17) is 11.6 Å². The summed E-state index contributed by atoms with van der Waals surface area (Å²) in [5.74, 6) is -0.255. The van der Waals surface area contributed by atoms with Gasteiger partial charge in [0.15, 0.2) is 0 Å². The van der Waals surface area contributed by atoms with Crippen molar-refractivity contribution in [1.29, 1.82) is 0 Å². The number of nitrogens with zero attached hydrogens (tertiary/aromatic N) is 1. The molecule has 0 bridgehead atoms. The number of nitrogens with one attached hydrogen (secondary N) is 1. The summed E-state index contributed by atoms with van der Waals surface area (Å²) in [6.45, 7) is 1.82. The van der Waals surface area contributed by atoms with Crippen molar-refractivity contribution in [3.05, 3.63) is 55.6 Å². The fourth-order valence-electron chi connectivity index (χ4n) is 1.40. The number of amides is 1. The second kappa shape index (κ2) is 6.32. The van der Waals surface area contributed by atoms with Crippen molar-refractivity contribution in [2.75, 3.05) is 0 Å². The molecule has 98 valence electrons. The third-order valence-electron chi connectivity index (χ3n) is 2.37. The van der Waals surface area contributed by atoms with Gasteiger partial charge in [-0.2, -0.15) is 5.10 Å². The Hall–Kier alpha value is -1.17. The van der Waals surface area contributed by atoms with E-state index in [1.54, 1.807) is 18.2 Å². The summed E-state index contributed by atoms with van der Waals surface area (Å²) in [5, 5.41) is 4.07. The van der Waals surface area contributed by atoms with Gasteiger partial charge in [0.25, 0.3) is 5.91 Å². The van der Waals surface area contributed by atoms with Gasteiger partial charge in [-0.25, -0.2) is 5.43 Å². The average molecular weight is 358 g/mol. The van der Waals surface area contributed by atoms with Crippen LogP contribution in [0.1, 0.15) is 22.2 Å². The fourth-order valence-corrected chi connectivity index (χ4v) is 2.86. The molecule has 0 fully saturated rings. The van der Waals surface area contributed by atoms with E-state index in [9.17, 15) is 4.79 Å². The summed E-state index contributed by atoms with van der Waals surface area (Å²) >= 11 is 10.6. The van der Waals surface area contributed by atoms with Crippen molar-refractivity contribution in [3.63, 3.8) is 0 Å². The molecule has 0 aliphatic carbocycles. The lowest BCUT2D eigenvalue weighted by atomic mass is 10.2. The highest BCUT2D eigenvalue weighted by molar-refractivity contribution is 9.10. The first-order chi connectivity index (χ1) is 9.08. The van der Waals surface area contributed by atoms with Crippen molar-refractivity contribution in [1.82, 2.24) is 5.43 Å². The van der Waals surface area contributed by atoms with Gasteiger partial charge < -0.3 is 0 Å². The van der Waals surface area contributed by atoms with Gasteiger partial charge in [-0.3, -0.25) is 4.79 Å². The Morgan fingerprint density at radius 1 is 1.32 bits per heavy atom. The number of carbonyl (C=O) groups excluding carboxylic acids is 1. The van der Waals surface area contributed by atoms with Crippen molar-refractivity contribution in [2.24, 2.45) is 5.10 Å². The van der Waals surface area contributed by atoms with Gasteiger partial charge in [-0.1, -0.05) is 23.7 Å². The van der Waals surface area contributed by atoms with Gasteiger partial charge in [0.1, 0.15) is 0 Å². The van der Waals surface area contributed by atoms with E-state index >= 15 is 0 Å². The summed E-state index contributed by atoms with van der Waals surface area (Å²) in [7, 11) is 0. The first-order valence-electron chi connectivity index (χ1n) is 5.43. The van der Waals surface area contributed by atoms with Gasteiger partial charge in [0.2, 0.25) is 0 Å². The second-order valence-electron chi connectivity index (χ2n) is 3.72. The molecular formula is C13H10BrClN2OS. The number of benzene rings is 1. The van der Waals surface area contributed by atoms with Crippen LogP contribution in [-0.4, -0.2) is 11.6 Å². The molecule has 0 saturated carbocycles. The van der Waals surface area contributed by atoms with Crippen LogP contribution < -0.4 is 5.43 Å². The van der Waals surface area contributed by atoms with Crippen molar-refractivity contribution in [3.8, 4) is 0 Å². The topological polar surface area (TPSA) is 41.5 Å². The molecule has 1 amide bonds. The quantitative estimate of drug-likeness (QED) is 0.645. The van der Waals surface area contributed by atoms with Gasteiger partial charge in [0.05, 0.1) is 20.5 Å². The summed E-state index contributed by atoms with van der Waals surface area (Å²) in [5.41, 5.74) is 3.79. The lowest BCUT2D eigenvalue weighted by Crippen LogP contribution is -2.19. The summed E-state index contributed by atoms with van der Waals surface area (Å²) < 4.78 is 1.43. The van der Waals surface area contributed by atoms with Crippen LogP contribution in [0.4, 0.5) is 0 Å². The summed E-state index contributed by atoms with van der Waals surface area (Å²) in [4.78, 5) is 12.9. The van der Waals surface area contributed by atoms with Crippen molar-refractivity contribution < 1.29 is 4.79 Å². The molecule has 0 atom stereocenters. The Labute approximate surface area is 128 Å². The van der Waals surface area contributed by atoms with E-state index in [1.807, 2.05) is 25.1 Å². The zero-order valence-corrected chi connectivity index (χ0v) is 13.1. The van der Waals surface area contributed by atoms with Gasteiger partial charge in [0, 0.05) is 4.47 Å². The van der Waals surface area contributed by atoms with Crippen LogP contribution in [0.25, 0.3) is 0 Å². The molecule has 3 nitrogen and oxygen atoms in total. The molecule has 1 heterocycles. The maximum atomic E-state index is 11.9. The highest BCUT2D eigenvalue weighted by Crippen LogP contribution is 2.22. The third kappa shape index (κ3) is 3.65. The molecule has 0 radical (unpaired) electrons. The number of hydrogen-bond donors (Lipinski definition) is 1. The molecule has 2 aromatic rings. The standard InChI is InChI=1S/C13H10BrClN2OS/c1-8(11-6-7-12(15)19-11)16-17-13(18)9-4-2-3-5-10(9)14/h2-7H,1H3,(H,17,18). The Morgan fingerprint density at radius 3 is 2.68 bits per heavy atom. The number of halogens is 2. The second-order valence-corrected chi connectivity index (χ2v) is 6.29. The van der Waals surface area contributed by atoms with Crippen molar-refractivity contribution in [2.45, 2.75) is 6.92 Å². The van der Waals surface area contributed by atoms with Gasteiger partial charge in [-0.05, 0) is 47.1 Å². The van der Waals surface area contributed by atoms with E-state index in [-0.39, 0.29) is 5.91 Å². The van der Waals surface area contributed by atoms with Crippen LogP contribution in [0.15, 0.2) is 46.0 Å². The van der Waals surface area contributed by atoms with Crippen LogP contribution in [0.5, 0.6) is 0 Å². The SMILES string of the molecule is CC(=NNC(=O)c1ccccc1Br)c1ccc(Cl)s1. The Morgan fingerprint density at radius 2 is 2.05 bits per heavy atom. The molecule has 0 aliphatic heterocycles. The number of carbonyl (C=O) groups is 1. The number of hydrogen-bond acceptors (Lipinski definition) is 3. The van der Waals surface area contributed by atoms with E-state index in [1.165, 1.54) is 11.3 Å². The van der Waals surface area contributed by atoms with Crippen molar-refractivity contribution >= 4 is 50.5 Å². The smallest absolute Gasteiger partial charge is 0.267 e. The van der Waals surface area contributed by atoms with Crippen LogP contribution in [0.2, 0.25) is 4.34 Å². The average Bonchev–Trinajstić information content (AvgIpc) is 2.83. The largest absolute Gasteiger partial charge is 0.272 e. The van der Waals surface area contributed by atoms with Crippen LogP contribution in [-0.2, 0) is 0 Å². The molecule has 0 spiro atoms. The first kappa shape index (κ1) is 14.2. The monoisotopic (exact) mass is 356 g/mol. The maximum absolute atomic E-state index is 11.9. The molecule has 19 heavy (non-hydrogen) atoms. The number of thiophene rings is 1. The molecule has 6 heteroatoms. The normalized spacial score (nSPS) is 11.4. The minimum Gasteiger partial charge on any atom is -0.267 e. The minimum absolute atomic E-state index is 0.255. The Balaban J connectivity index is 2.10. The van der Waals surface area contributed by atoms with Gasteiger partial charge in [-0.15, -0.1) is 11.3 Å². The molecule has 0 aliphatic rings. The molecule has 1 N–H and O–H groups in total. The minimum atomic E-state index is -0.255. The molecule has 1 aromatic carbocycles. The lowest BCUT2D eigenvalue weighted by molar-refractivity contribution is 0.0954. The molecule has 2 rings (SSSR count). The summed E-state index contributed by atoms with van der Waals surface area (Å²) in [6.07, 6.45) is 0. The molecular weight excluding hydrogens is 348 g/mol. The van der Waals surface area contributed by atoms with E-state index < -0.39 is 0 Å². The van der Waals surface area contributed by atoms with Crippen LogP contribution >= 0.6 is 38.9 Å². The molecule has 0 saturated heterocycles. The lowest BCUT2D eigenvalue weighted by Gasteiger charge is -2.03. The van der Waals surface area contributed by atoms with Crippen LogP contribution in [0.3, 0.4) is 0 Å². The zero-order chi connectivity index (χ0) is 13.8. The van der Waals surface area contributed by atoms with E-state index in [2.05, 4.69) is 26.5 Å². The van der Waals surface area contributed by atoms with E-state index in [0.717, 1.165) is 15.1 Å².